The largest absolute Gasteiger partial charge is 0.335 e. The topological polar surface area (TPSA) is 63.9 Å². The zero-order chi connectivity index (χ0) is 25.0. The molecule has 36 heavy (non-hydrogen) atoms. The van der Waals surface area contributed by atoms with Crippen molar-refractivity contribution in [2.45, 2.75) is 17.1 Å². The molecule has 190 valence electrons. The van der Waals surface area contributed by atoms with Crippen LogP contribution in [0.1, 0.15) is 28.1 Å². The second kappa shape index (κ2) is 9.56. The van der Waals surface area contributed by atoms with Crippen molar-refractivity contribution in [3.05, 3.63) is 50.1 Å². The molecule has 0 unspecified atom stereocenters. The minimum Gasteiger partial charge on any atom is -0.335 e. The van der Waals surface area contributed by atoms with E-state index in [0.717, 1.165) is 47.7 Å². The van der Waals surface area contributed by atoms with Gasteiger partial charge in [0.1, 0.15) is 9.09 Å². The van der Waals surface area contributed by atoms with Gasteiger partial charge in [0, 0.05) is 54.1 Å². The third-order valence-electron chi connectivity index (χ3n) is 7.06. The molecule has 0 bridgehead atoms. The minimum absolute atomic E-state index is 0.128. The van der Waals surface area contributed by atoms with Crippen LogP contribution in [-0.2, 0) is 10.0 Å². The monoisotopic (exact) mass is 583 g/mol. The lowest BCUT2D eigenvalue weighted by atomic mass is 10.1. The Morgan fingerprint density at radius 1 is 0.944 bits per heavy atom. The Labute approximate surface area is 228 Å². The predicted octanol–water partition coefficient (Wildman–Crippen LogP) is 4.28. The van der Waals surface area contributed by atoms with Crippen molar-refractivity contribution in [3.8, 4) is 0 Å². The molecule has 2 aromatic heterocycles. The lowest BCUT2D eigenvalue weighted by molar-refractivity contribution is -0.587. The van der Waals surface area contributed by atoms with Crippen molar-refractivity contribution in [3.63, 3.8) is 0 Å². The van der Waals surface area contributed by atoms with Crippen molar-refractivity contribution in [2.24, 2.45) is 0 Å². The molecule has 3 saturated heterocycles. The number of thiophene rings is 2. The van der Waals surface area contributed by atoms with Crippen LogP contribution in [0.15, 0.2) is 33.9 Å². The van der Waals surface area contributed by atoms with Crippen LogP contribution in [0.25, 0.3) is 10.1 Å². The van der Waals surface area contributed by atoms with E-state index < -0.39 is 10.0 Å². The summed E-state index contributed by atoms with van der Waals surface area (Å²) in [6, 6.07) is 7.06. The summed E-state index contributed by atoms with van der Waals surface area (Å²) in [5.74, 6) is 1.02. The molecule has 0 spiro atoms. The number of carbonyl (C=O) groups excluding carboxylic acids is 1. The number of amidine groups is 1. The first-order chi connectivity index (χ1) is 17.3. The summed E-state index contributed by atoms with van der Waals surface area (Å²) in [7, 11) is -3.64. The van der Waals surface area contributed by atoms with Crippen LogP contribution < -0.4 is 0 Å². The number of hydrogen-bond acceptors (Lipinski definition) is 5. The molecule has 3 aliphatic heterocycles. The van der Waals surface area contributed by atoms with Gasteiger partial charge in [0.15, 0.2) is 0 Å². The van der Waals surface area contributed by atoms with E-state index in [1.807, 2.05) is 11.4 Å². The Hall–Kier alpha value is -1.69. The van der Waals surface area contributed by atoms with E-state index in [1.165, 1.54) is 39.8 Å². The van der Waals surface area contributed by atoms with Gasteiger partial charge in [-0.3, -0.25) is 14.3 Å². The number of sulfonamides is 1. The zero-order valence-electron chi connectivity index (χ0n) is 19.5. The third kappa shape index (κ3) is 4.25. The second-order valence-electron chi connectivity index (χ2n) is 9.24. The smallest absolute Gasteiger partial charge is 0.281 e. The first-order valence-corrected chi connectivity index (χ1v) is 15.8. The molecule has 0 radical (unpaired) electrons. The number of hydrogen-bond donors (Lipinski definition) is 0. The van der Waals surface area contributed by atoms with E-state index in [0.29, 0.717) is 32.2 Å². The minimum atomic E-state index is -3.64. The molecule has 1 aromatic carbocycles. The molecule has 0 atom stereocenters. The van der Waals surface area contributed by atoms with Crippen LogP contribution in [0.5, 0.6) is 0 Å². The maximum atomic E-state index is 13.4. The Kier molecular flexibility index (Phi) is 6.54. The van der Waals surface area contributed by atoms with Crippen LogP contribution in [0.2, 0.25) is 10.0 Å². The number of benzene rings is 1. The van der Waals surface area contributed by atoms with Gasteiger partial charge in [0.05, 0.1) is 36.8 Å². The highest BCUT2D eigenvalue weighted by atomic mass is 35.5. The van der Waals surface area contributed by atoms with Crippen LogP contribution in [0.3, 0.4) is 0 Å². The van der Waals surface area contributed by atoms with Gasteiger partial charge in [0.25, 0.3) is 21.8 Å². The van der Waals surface area contributed by atoms with Gasteiger partial charge >= 0.3 is 0 Å². The number of likely N-dealkylation sites (tertiary alicyclic amines) is 1. The summed E-state index contributed by atoms with van der Waals surface area (Å²) in [5, 5.41) is 3.94. The van der Waals surface area contributed by atoms with Crippen LogP contribution >= 0.6 is 45.9 Å². The average Bonchev–Trinajstić information content (AvgIpc) is 3.39. The molecule has 12 heteroatoms. The Bertz CT molecular complexity index is 1480. The van der Waals surface area contributed by atoms with Gasteiger partial charge in [-0.1, -0.05) is 29.3 Å². The number of amides is 1. The van der Waals surface area contributed by atoms with Crippen LogP contribution in [0.4, 0.5) is 0 Å². The third-order valence-corrected chi connectivity index (χ3v) is 12.2. The van der Waals surface area contributed by atoms with Crippen LogP contribution in [-0.4, -0.2) is 91.2 Å². The van der Waals surface area contributed by atoms with E-state index in [1.54, 1.807) is 23.1 Å². The summed E-state index contributed by atoms with van der Waals surface area (Å²) < 4.78 is 31.5. The normalized spacial score (nSPS) is 18.9. The highest BCUT2D eigenvalue weighted by molar-refractivity contribution is 7.91. The number of halogens is 2. The van der Waals surface area contributed by atoms with Gasteiger partial charge in [-0.15, -0.1) is 22.7 Å². The number of nitrogens with zero attached hydrogens (tertiary/aromatic N) is 4. The number of piperazine rings is 1. The van der Waals surface area contributed by atoms with Crippen molar-refractivity contribution in [1.82, 2.24) is 14.1 Å². The fourth-order valence-electron chi connectivity index (χ4n) is 4.75. The lowest BCUT2D eigenvalue weighted by Crippen LogP contribution is -2.50. The molecular weight excluding hydrogens is 559 g/mol. The standard InChI is InChI=1S/C24H25Cl2N4O3S3/c25-17-4-3-16-13-20(35-19(16)14-17)36(32,33)30-11-9-29(10-12-30)24(31)22-21(26)18(15-34-22)23(27-5-1-6-27)28-7-2-8-28/h3-4,13-15H,1-2,5-12H2/q+1. The van der Waals surface area contributed by atoms with Crippen LogP contribution in [0, 0.1) is 0 Å². The molecule has 3 aromatic rings. The van der Waals surface area contributed by atoms with E-state index in [-0.39, 0.29) is 19.0 Å². The molecule has 0 aliphatic carbocycles. The molecule has 7 nitrogen and oxygen atoms in total. The highest BCUT2D eigenvalue weighted by Gasteiger charge is 2.37. The molecule has 0 N–H and O–H groups in total. The Morgan fingerprint density at radius 3 is 2.33 bits per heavy atom. The first-order valence-electron chi connectivity index (χ1n) is 12.0. The number of rotatable bonds is 4. The molecule has 5 heterocycles. The summed E-state index contributed by atoms with van der Waals surface area (Å²) in [5.41, 5.74) is 0.940. The van der Waals surface area contributed by atoms with Gasteiger partial charge in [-0.2, -0.15) is 4.31 Å². The molecule has 3 aliphatic rings. The predicted molar refractivity (Wildman–Crippen MR) is 146 cm³/mol. The molecule has 0 saturated carbocycles. The van der Waals surface area contributed by atoms with E-state index in [9.17, 15) is 13.2 Å². The quantitative estimate of drug-likeness (QED) is 0.339. The van der Waals surface area contributed by atoms with E-state index >= 15 is 0 Å². The van der Waals surface area contributed by atoms with Crippen molar-refractivity contribution < 1.29 is 17.8 Å². The second-order valence-corrected chi connectivity index (χ2v) is 14.2. The number of carbonyl (C=O) groups is 1. The summed E-state index contributed by atoms with van der Waals surface area (Å²) in [6.45, 7) is 5.22. The average molecular weight is 585 g/mol. The fraction of sp³-hybridized carbons (Fsp3) is 0.417. The molecule has 1 amide bonds. The van der Waals surface area contributed by atoms with E-state index in [2.05, 4.69) is 9.48 Å². The lowest BCUT2D eigenvalue weighted by Gasteiger charge is -2.33. The fourth-order valence-corrected chi connectivity index (χ4v) is 9.32. The van der Waals surface area contributed by atoms with Gasteiger partial charge in [-0.05, 0) is 23.6 Å². The van der Waals surface area contributed by atoms with Gasteiger partial charge < -0.3 is 4.90 Å². The van der Waals surface area contributed by atoms with Crippen molar-refractivity contribution in [1.29, 1.82) is 0 Å². The van der Waals surface area contributed by atoms with Gasteiger partial charge in [-0.25, -0.2) is 8.42 Å². The molecule has 3 fully saturated rings. The summed E-state index contributed by atoms with van der Waals surface area (Å²) >= 11 is 15.5. The Morgan fingerprint density at radius 2 is 1.69 bits per heavy atom. The summed E-state index contributed by atoms with van der Waals surface area (Å²) in [6.07, 6.45) is 2.35. The SMILES string of the molecule is O=C(c1scc(C(N2CCC2)=[N+]2CCC2)c1Cl)N1CCN(S(=O)(=O)c2cc3ccc(Cl)cc3s2)CC1. The zero-order valence-corrected chi connectivity index (χ0v) is 23.4. The Balaban J connectivity index is 1.17. The molecule has 6 rings (SSSR count). The first kappa shape index (κ1) is 24.6. The van der Waals surface area contributed by atoms with Crippen molar-refractivity contribution in [2.75, 3.05) is 52.4 Å². The molecular formula is C24H25Cl2N4O3S3+. The van der Waals surface area contributed by atoms with Crippen molar-refractivity contribution >= 4 is 77.7 Å². The number of fused-ring (bicyclic) bond motifs is 1. The highest BCUT2D eigenvalue weighted by Crippen LogP contribution is 2.34. The maximum Gasteiger partial charge on any atom is 0.281 e. The van der Waals surface area contributed by atoms with E-state index in [4.69, 9.17) is 23.2 Å². The maximum absolute atomic E-state index is 13.4. The summed E-state index contributed by atoms with van der Waals surface area (Å²) in [4.78, 5) is 18.0. The van der Waals surface area contributed by atoms with Gasteiger partial charge in [0.2, 0.25) is 0 Å².